The van der Waals surface area contributed by atoms with Crippen LogP contribution in [0.15, 0.2) is 84.9 Å². The van der Waals surface area contributed by atoms with Crippen molar-refractivity contribution in [2.45, 2.75) is 25.8 Å². The number of benzene rings is 3. The predicted octanol–water partition coefficient (Wildman–Crippen LogP) is 5.23. The number of hydrogen-bond donors (Lipinski definition) is 0. The van der Waals surface area contributed by atoms with Crippen LogP contribution in [0.1, 0.15) is 40.7 Å². The first-order valence-electron chi connectivity index (χ1n) is 9.68. The third-order valence-electron chi connectivity index (χ3n) is 5.44. The van der Waals surface area contributed by atoms with E-state index in [9.17, 15) is 9.59 Å². The molecule has 1 aliphatic rings. The first-order chi connectivity index (χ1) is 13.6. The number of rotatable bonds is 4. The van der Waals surface area contributed by atoms with Crippen molar-refractivity contribution in [1.29, 1.82) is 0 Å². The van der Waals surface area contributed by atoms with E-state index < -0.39 is 0 Å². The van der Waals surface area contributed by atoms with Gasteiger partial charge in [-0.25, -0.2) is 0 Å². The summed E-state index contributed by atoms with van der Waals surface area (Å²) in [6.45, 7) is 2.44. The van der Waals surface area contributed by atoms with E-state index in [2.05, 4.69) is 0 Å². The lowest BCUT2D eigenvalue weighted by molar-refractivity contribution is -0.122. The molecule has 3 aromatic carbocycles. The van der Waals surface area contributed by atoms with Crippen molar-refractivity contribution in [3.05, 3.63) is 102 Å². The quantitative estimate of drug-likeness (QED) is 0.591. The van der Waals surface area contributed by atoms with Gasteiger partial charge in [0.2, 0.25) is 5.91 Å². The van der Waals surface area contributed by atoms with Gasteiger partial charge >= 0.3 is 0 Å². The minimum atomic E-state index is -0.321. The molecule has 1 aliphatic heterocycles. The molecule has 2 atom stereocenters. The highest BCUT2D eigenvalue weighted by Gasteiger charge is 2.36. The van der Waals surface area contributed by atoms with Gasteiger partial charge in [-0.2, -0.15) is 0 Å². The minimum Gasteiger partial charge on any atom is -0.307 e. The zero-order valence-electron chi connectivity index (χ0n) is 15.9. The van der Waals surface area contributed by atoms with E-state index in [1.54, 1.807) is 0 Å². The Morgan fingerprint density at radius 1 is 0.893 bits per heavy atom. The van der Waals surface area contributed by atoms with Crippen molar-refractivity contribution < 1.29 is 9.59 Å². The van der Waals surface area contributed by atoms with Gasteiger partial charge in [0.05, 0.1) is 12.5 Å². The minimum absolute atomic E-state index is 0.0691. The molecule has 1 amide bonds. The maximum Gasteiger partial charge on any atom is 0.230 e. The number of nitrogens with zero attached hydrogens (tertiary/aromatic N) is 1. The van der Waals surface area contributed by atoms with E-state index in [1.807, 2.05) is 96.8 Å². The highest BCUT2D eigenvalue weighted by atomic mass is 16.2. The SMILES string of the molecule is CC1CC(C(=O)c2ccccc2)c2ccccc2N(Cc2ccccc2)C1=O. The average molecular weight is 369 g/mol. The summed E-state index contributed by atoms with van der Waals surface area (Å²) in [5, 5.41) is 0. The number of fused-ring (bicyclic) bond motifs is 1. The largest absolute Gasteiger partial charge is 0.307 e. The standard InChI is InChI=1S/C25H23NO2/c1-18-16-22(24(27)20-12-6-3-7-13-20)21-14-8-9-15-23(21)26(25(18)28)17-19-10-4-2-5-11-19/h2-15,18,22H,16-17H2,1H3. The number of carbonyl (C=O) groups excluding carboxylic acids is 2. The van der Waals surface area contributed by atoms with E-state index in [1.165, 1.54) is 0 Å². The van der Waals surface area contributed by atoms with E-state index in [0.29, 0.717) is 18.5 Å². The third kappa shape index (κ3) is 3.48. The van der Waals surface area contributed by atoms with Crippen molar-refractivity contribution >= 4 is 17.4 Å². The van der Waals surface area contributed by atoms with Gasteiger partial charge in [-0.3, -0.25) is 9.59 Å². The Kier molecular flexibility index (Phi) is 5.07. The zero-order valence-corrected chi connectivity index (χ0v) is 15.9. The normalized spacial score (nSPS) is 19.0. The number of hydrogen-bond acceptors (Lipinski definition) is 2. The Bertz CT molecular complexity index is 967. The first-order valence-corrected chi connectivity index (χ1v) is 9.68. The summed E-state index contributed by atoms with van der Waals surface area (Å²) in [6, 6.07) is 27.2. The maximum absolute atomic E-state index is 13.3. The lowest BCUT2D eigenvalue weighted by Crippen LogP contribution is -2.33. The number of ketones is 1. The number of amides is 1. The van der Waals surface area contributed by atoms with E-state index >= 15 is 0 Å². The molecule has 3 nitrogen and oxygen atoms in total. The second kappa shape index (κ2) is 7.81. The van der Waals surface area contributed by atoms with Crippen LogP contribution < -0.4 is 4.90 Å². The third-order valence-corrected chi connectivity index (χ3v) is 5.44. The molecule has 0 radical (unpaired) electrons. The van der Waals surface area contributed by atoms with Crippen LogP contribution in [0.4, 0.5) is 5.69 Å². The highest BCUT2D eigenvalue weighted by molar-refractivity contribution is 6.05. The van der Waals surface area contributed by atoms with Gasteiger partial charge in [0.1, 0.15) is 0 Å². The van der Waals surface area contributed by atoms with Crippen LogP contribution in [0.2, 0.25) is 0 Å². The summed E-state index contributed by atoms with van der Waals surface area (Å²) in [4.78, 5) is 28.4. The molecule has 3 aromatic rings. The summed E-state index contributed by atoms with van der Waals surface area (Å²) in [6.07, 6.45) is 0.523. The van der Waals surface area contributed by atoms with Crippen molar-refractivity contribution in [1.82, 2.24) is 0 Å². The van der Waals surface area contributed by atoms with Crippen molar-refractivity contribution in [2.75, 3.05) is 4.90 Å². The van der Waals surface area contributed by atoms with Crippen molar-refractivity contribution in [3.8, 4) is 0 Å². The van der Waals surface area contributed by atoms with Gasteiger partial charge in [0, 0.05) is 17.2 Å². The molecule has 4 rings (SSSR count). The lowest BCUT2D eigenvalue weighted by Gasteiger charge is -2.25. The van der Waals surface area contributed by atoms with Crippen molar-refractivity contribution in [3.63, 3.8) is 0 Å². The Balaban J connectivity index is 1.77. The molecule has 1 heterocycles. The molecule has 0 N–H and O–H groups in total. The molecule has 3 heteroatoms. The van der Waals surface area contributed by atoms with Crippen LogP contribution in [0.3, 0.4) is 0 Å². The average Bonchev–Trinajstić information content (AvgIpc) is 2.85. The van der Waals surface area contributed by atoms with E-state index in [4.69, 9.17) is 0 Å². The second-order valence-electron chi connectivity index (χ2n) is 7.39. The number of para-hydroxylation sites is 1. The Morgan fingerprint density at radius 3 is 2.21 bits per heavy atom. The van der Waals surface area contributed by atoms with Crippen LogP contribution in [0.25, 0.3) is 0 Å². The summed E-state index contributed by atoms with van der Waals surface area (Å²) in [7, 11) is 0. The molecule has 140 valence electrons. The lowest BCUT2D eigenvalue weighted by atomic mass is 9.84. The molecule has 2 unspecified atom stereocenters. The molecule has 0 fully saturated rings. The number of carbonyl (C=O) groups is 2. The molecular formula is C25H23NO2. The van der Waals surface area contributed by atoms with Crippen molar-refractivity contribution in [2.24, 2.45) is 5.92 Å². The summed E-state index contributed by atoms with van der Waals surface area (Å²) in [5.74, 6) is -0.402. The highest BCUT2D eigenvalue weighted by Crippen LogP contribution is 2.39. The summed E-state index contributed by atoms with van der Waals surface area (Å²) >= 11 is 0. The fraction of sp³-hybridized carbons (Fsp3) is 0.200. The fourth-order valence-electron chi connectivity index (χ4n) is 3.98. The van der Waals surface area contributed by atoms with E-state index in [-0.39, 0.29) is 23.5 Å². The van der Waals surface area contributed by atoms with Gasteiger partial charge in [0.15, 0.2) is 5.78 Å². The van der Waals surface area contributed by atoms with Gasteiger partial charge in [-0.15, -0.1) is 0 Å². The van der Waals surface area contributed by atoms with Crippen LogP contribution in [-0.2, 0) is 11.3 Å². The van der Waals surface area contributed by atoms with Gasteiger partial charge in [0.25, 0.3) is 0 Å². The second-order valence-corrected chi connectivity index (χ2v) is 7.39. The van der Waals surface area contributed by atoms with Gasteiger partial charge in [-0.1, -0.05) is 85.8 Å². The van der Waals surface area contributed by atoms with Gasteiger partial charge < -0.3 is 4.90 Å². The fourth-order valence-corrected chi connectivity index (χ4v) is 3.98. The monoisotopic (exact) mass is 369 g/mol. The summed E-state index contributed by atoms with van der Waals surface area (Å²) < 4.78 is 0. The van der Waals surface area contributed by atoms with Gasteiger partial charge in [-0.05, 0) is 23.6 Å². The van der Waals surface area contributed by atoms with E-state index in [0.717, 1.165) is 16.8 Å². The molecule has 0 aliphatic carbocycles. The predicted molar refractivity (Wildman–Crippen MR) is 111 cm³/mol. The first kappa shape index (κ1) is 18.2. The Labute approximate surface area is 165 Å². The van der Waals surface area contributed by atoms with Crippen LogP contribution >= 0.6 is 0 Å². The molecule has 0 saturated heterocycles. The Hall–Kier alpha value is -3.20. The number of anilines is 1. The maximum atomic E-state index is 13.3. The van der Waals surface area contributed by atoms with Crippen LogP contribution in [0.5, 0.6) is 0 Å². The zero-order chi connectivity index (χ0) is 19.5. The molecule has 0 bridgehead atoms. The van der Waals surface area contributed by atoms with Crippen LogP contribution in [-0.4, -0.2) is 11.7 Å². The number of Topliss-reactive ketones (excluding diaryl/α,β-unsaturated/α-hetero) is 1. The topological polar surface area (TPSA) is 37.4 Å². The van der Waals surface area contributed by atoms with Crippen LogP contribution in [0, 0.1) is 5.92 Å². The molecule has 0 saturated carbocycles. The summed E-state index contributed by atoms with van der Waals surface area (Å²) in [5.41, 5.74) is 3.55. The molecule has 0 aromatic heterocycles. The molecule has 28 heavy (non-hydrogen) atoms. The smallest absolute Gasteiger partial charge is 0.230 e. The molecular weight excluding hydrogens is 346 g/mol. The Morgan fingerprint density at radius 2 is 1.50 bits per heavy atom. The molecule has 0 spiro atoms.